The van der Waals surface area contributed by atoms with E-state index in [4.69, 9.17) is 0 Å². The molecule has 25 heavy (non-hydrogen) atoms. The molecule has 2 heterocycles. The van der Waals surface area contributed by atoms with Gasteiger partial charge in [-0.2, -0.15) is 0 Å². The van der Waals surface area contributed by atoms with Crippen LogP contribution in [-0.2, 0) is 6.54 Å². The SMILES string of the molecule is O=C(c1cn(C2CCNCC2)nn1)N(Cc1cccc(F)c1)C1CC1. The summed E-state index contributed by atoms with van der Waals surface area (Å²) >= 11 is 0. The minimum Gasteiger partial charge on any atom is -0.330 e. The summed E-state index contributed by atoms with van der Waals surface area (Å²) in [6.07, 6.45) is 5.73. The lowest BCUT2D eigenvalue weighted by Gasteiger charge is -2.22. The molecule has 2 fully saturated rings. The first-order valence-electron chi connectivity index (χ1n) is 8.88. The lowest BCUT2D eigenvalue weighted by atomic mass is 10.1. The topological polar surface area (TPSA) is 63.1 Å². The van der Waals surface area contributed by atoms with Gasteiger partial charge in [0.1, 0.15) is 5.82 Å². The third-order valence-electron chi connectivity index (χ3n) is 4.90. The fourth-order valence-electron chi connectivity index (χ4n) is 3.36. The molecular weight excluding hydrogens is 321 g/mol. The molecule has 1 aliphatic carbocycles. The number of benzene rings is 1. The van der Waals surface area contributed by atoms with Crippen LogP contribution in [-0.4, -0.2) is 44.9 Å². The number of piperidine rings is 1. The normalized spacial score (nSPS) is 18.3. The number of aromatic nitrogens is 3. The van der Waals surface area contributed by atoms with Gasteiger partial charge < -0.3 is 10.2 Å². The Labute approximate surface area is 146 Å². The van der Waals surface area contributed by atoms with Crippen LogP contribution in [0.25, 0.3) is 0 Å². The molecule has 7 heteroatoms. The molecular formula is C18H22FN5O. The fourth-order valence-corrected chi connectivity index (χ4v) is 3.36. The molecule has 0 spiro atoms. The Kier molecular flexibility index (Phi) is 4.48. The molecule has 6 nitrogen and oxygen atoms in total. The van der Waals surface area contributed by atoms with Crippen LogP contribution < -0.4 is 5.32 Å². The Bertz CT molecular complexity index is 751. The van der Waals surface area contributed by atoms with Gasteiger partial charge in [0.25, 0.3) is 5.91 Å². The quantitative estimate of drug-likeness (QED) is 0.904. The van der Waals surface area contributed by atoms with E-state index in [1.807, 2.05) is 10.7 Å². The van der Waals surface area contributed by atoms with Crippen molar-refractivity contribution in [3.05, 3.63) is 47.5 Å². The summed E-state index contributed by atoms with van der Waals surface area (Å²) in [5.74, 6) is -0.399. The van der Waals surface area contributed by atoms with Crippen molar-refractivity contribution < 1.29 is 9.18 Å². The minimum absolute atomic E-state index is 0.119. The Balaban J connectivity index is 1.50. The summed E-state index contributed by atoms with van der Waals surface area (Å²) in [5.41, 5.74) is 1.17. The average molecular weight is 343 g/mol. The molecule has 2 aliphatic rings. The molecule has 0 bridgehead atoms. The van der Waals surface area contributed by atoms with Gasteiger partial charge in [0.2, 0.25) is 0 Å². The van der Waals surface area contributed by atoms with Gasteiger partial charge in [0.15, 0.2) is 5.69 Å². The molecule has 132 valence electrons. The molecule has 2 aromatic rings. The Morgan fingerprint density at radius 2 is 2.08 bits per heavy atom. The molecule has 1 saturated heterocycles. The van der Waals surface area contributed by atoms with E-state index in [1.54, 1.807) is 17.2 Å². The van der Waals surface area contributed by atoms with Gasteiger partial charge in [0.05, 0.1) is 12.2 Å². The molecule has 1 aromatic heterocycles. The van der Waals surface area contributed by atoms with Crippen LogP contribution in [0.1, 0.15) is 47.8 Å². The van der Waals surface area contributed by atoms with Crippen molar-refractivity contribution in [1.29, 1.82) is 0 Å². The number of carbonyl (C=O) groups excluding carboxylic acids is 1. The van der Waals surface area contributed by atoms with Gasteiger partial charge in [-0.3, -0.25) is 4.79 Å². The lowest BCUT2D eigenvalue weighted by molar-refractivity contribution is 0.0723. The number of rotatable bonds is 5. The Morgan fingerprint density at radius 3 is 2.80 bits per heavy atom. The monoisotopic (exact) mass is 343 g/mol. The van der Waals surface area contributed by atoms with Crippen LogP contribution in [0, 0.1) is 5.82 Å². The number of halogens is 1. The van der Waals surface area contributed by atoms with Gasteiger partial charge in [-0.1, -0.05) is 17.3 Å². The summed E-state index contributed by atoms with van der Waals surface area (Å²) in [6, 6.07) is 6.93. The van der Waals surface area contributed by atoms with E-state index in [0.29, 0.717) is 18.3 Å². The zero-order valence-corrected chi connectivity index (χ0v) is 14.1. The third-order valence-corrected chi connectivity index (χ3v) is 4.90. The zero-order chi connectivity index (χ0) is 17.2. The Hall–Kier alpha value is -2.28. The van der Waals surface area contributed by atoms with Crippen molar-refractivity contribution in [3.63, 3.8) is 0 Å². The van der Waals surface area contributed by atoms with Crippen LogP contribution in [0.4, 0.5) is 4.39 Å². The van der Waals surface area contributed by atoms with Crippen molar-refractivity contribution in [1.82, 2.24) is 25.2 Å². The maximum atomic E-state index is 13.4. The highest BCUT2D eigenvalue weighted by atomic mass is 19.1. The molecule has 0 atom stereocenters. The molecule has 0 unspecified atom stereocenters. The first kappa shape index (κ1) is 16.2. The van der Waals surface area contributed by atoms with Crippen LogP contribution >= 0.6 is 0 Å². The lowest BCUT2D eigenvalue weighted by Crippen LogP contribution is -2.33. The third kappa shape index (κ3) is 3.71. The Morgan fingerprint density at radius 1 is 1.28 bits per heavy atom. The van der Waals surface area contributed by atoms with Crippen molar-refractivity contribution in [2.75, 3.05) is 13.1 Å². The second kappa shape index (κ2) is 6.92. The maximum absolute atomic E-state index is 13.4. The van der Waals surface area contributed by atoms with Crippen LogP contribution in [0.3, 0.4) is 0 Å². The van der Waals surface area contributed by atoms with E-state index in [0.717, 1.165) is 44.3 Å². The maximum Gasteiger partial charge on any atom is 0.276 e. The largest absolute Gasteiger partial charge is 0.330 e. The highest BCUT2D eigenvalue weighted by Gasteiger charge is 2.34. The molecule has 4 rings (SSSR count). The average Bonchev–Trinajstić information content (AvgIpc) is 3.35. The molecule has 0 radical (unpaired) electrons. The standard InChI is InChI=1S/C18H22FN5O/c19-14-3-1-2-13(10-14)11-23(15-4-5-15)18(25)17-12-24(22-21-17)16-6-8-20-9-7-16/h1-3,10,12,15-16,20H,4-9,11H2. The number of hydrogen-bond donors (Lipinski definition) is 1. The predicted molar refractivity (Wildman–Crippen MR) is 90.5 cm³/mol. The second-order valence-corrected chi connectivity index (χ2v) is 6.86. The van der Waals surface area contributed by atoms with Gasteiger partial charge in [-0.15, -0.1) is 5.10 Å². The second-order valence-electron chi connectivity index (χ2n) is 6.86. The molecule has 1 aromatic carbocycles. The number of nitrogens with one attached hydrogen (secondary N) is 1. The first-order chi connectivity index (χ1) is 12.2. The number of nitrogens with zero attached hydrogens (tertiary/aromatic N) is 4. The molecule has 1 amide bonds. The van der Waals surface area contributed by atoms with E-state index in [2.05, 4.69) is 15.6 Å². The summed E-state index contributed by atoms with van der Waals surface area (Å²) in [4.78, 5) is 14.7. The highest BCUT2D eigenvalue weighted by molar-refractivity contribution is 5.92. The summed E-state index contributed by atoms with van der Waals surface area (Å²) in [5, 5.41) is 11.6. The van der Waals surface area contributed by atoms with Crippen molar-refractivity contribution in [2.45, 2.75) is 44.3 Å². The van der Waals surface area contributed by atoms with E-state index < -0.39 is 0 Å². The van der Waals surface area contributed by atoms with Gasteiger partial charge in [-0.05, 0) is 56.5 Å². The molecule has 1 N–H and O–H groups in total. The highest BCUT2D eigenvalue weighted by Crippen LogP contribution is 2.30. The minimum atomic E-state index is -0.280. The van der Waals surface area contributed by atoms with E-state index in [9.17, 15) is 9.18 Å². The van der Waals surface area contributed by atoms with Gasteiger partial charge in [0, 0.05) is 12.6 Å². The zero-order valence-electron chi connectivity index (χ0n) is 14.1. The number of amides is 1. The van der Waals surface area contributed by atoms with Crippen molar-refractivity contribution >= 4 is 5.91 Å². The van der Waals surface area contributed by atoms with Crippen LogP contribution in [0.15, 0.2) is 30.5 Å². The number of hydrogen-bond acceptors (Lipinski definition) is 4. The van der Waals surface area contributed by atoms with Gasteiger partial charge in [-0.25, -0.2) is 9.07 Å². The first-order valence-corrected chi connectivity index (χ1v) is 8.88. The predicted octanol–water partition coefficient (Wildman–Crippen LogP) is 2.15. The summed E-state index contributed by atoms with van der Waals surface area (Å²) in [7, 11) is 0. The summed E-state index contributed by atoms with van der Waals surface area (Å²) in [6.45, 7) is 2.32. The van der Waals surface area contributed by atoms with Crippen molar-refractivity contribution in [2.24, 2.45) is 0 Å². The van der Waals surface area contributed by atoms with Crippen molar-refractivity contribution in [3.8, 4) is 0 Å². The van der Waals surface area contributed by atoms with E-state index in [-0.39, 0.29) is 17.8 Å². The fraction of sp³-hybridized carbons (Fsp3) is 0.500. The summed E-state index contributed by atoms with van der Waals surface area (Å²) < 4.78 is 15.3. The molecule has 1 aliphatic heterocycles. The van der Waals surface area contributed by atoms with E-state index in [1.165, 1.54) is 12.1 Å². The van der Waals surface area contributed by atoms with E-state index >= 15 is 0 Å². The van der Waals surface area contributed by atoms with Crippen LogP contribution in [0.2, 0.25) is 0 Å². The smallest absolute Gasteiger partial charge is 0.276 e. The molecule has 1 saturated carbocycles. The number of carbonyl (C=O) groups is 1. The van der Waals surface area contributed by atoms with Crippen LogP contribution in [0.5, 0.6) is 0 Å². The van der Waals surface area contributed by atoms with Gasteiger partial charge >= 0.3 is 0 Å².